The zero-order chi connectivity index (χ0) is 20.9. The summed E-state index contributed by atoms with van der Waals surface area (Å²) in [5, 5.41) is 3.57. The number of amides is 1. The predicted molar refractivity (Wildman–Crippen MR) is 137 cm³/mol. The average molecular weight is 540 g/mol. The average Bonchev–Trinajstić information content (AvgIpc) is 3.61. The molecule has 0 aromatic heterocycles. The van der Waals surface area contributed by atoms with Gasteiger partial charge in [-0.05, 0) is 56.6 Å². The maximum Gasteiger partial charge on any atom is 0.243 e. The summed E-state index contributed by atoms with van der Waals surface area (Å²) in [6.45, 7) is 4.41. The van der Waals surface area contributed by atoms with Gasteiger partial charge >= 0.3 is 0 Å². The number of piperidine rings is 2. The van der Waals surface area contributed by atoms with Crippen LogP contribution in [0.4, 0.5) is 0 Å². The van der Waals surface area contributed by atoms with Crippen LogP contribution in [0, 0.1) is 5.92 Å². The van der Waals surface area contributed by atoms with Crippen molar-refractivity contribution < 1.29 is 4.79 Å². The van der Waals surface area contributed by atoms with Gasteiger partial charge < -0.3 is 15.1 Å². The SMILES string of the molecule is CN(C)C(=O)CN=C(NCCc1ccccc1)N1CCC2C(CCCN2C2CC2)C1.I. The van der Waals surface area contributed by atoms with Gasteiger partial charge in [-0.25, -0.2) is 4.99 Å². The third kappa shape index (κ3) is 6.57. The number of rotatable bonds is 6. The minimum absolute atomic E-state index is 0. The van der Waals surface area contributed by atoms with E-state index >= 15 is 0 Å². The predicted octanol–water partition coefficient (Wildman–Crippen LogP) is 2.83. The van der Waals surface area contributed by atoms with Gasteiger partial charge in [0.25, 0.3) is 0 Å². The molecule has 172 valence electrons. The first-order valence-corrected chi connectivity index (χ1v) is 11.6. The molecule has 3 fully saturated rings. The second-order valence-electron chi connectivity index (χ2n) is 9.26. The van der Waals surface area contributed by atoms with Crippen molar-refractivity contribution in [2.75, 3.05) is 46.8 Å². The number of nitrogens with zero attached hydrogens (tertiary/aromatic N) is 4. The second-order valence-corrected chi connectivity index (χ2v) is 9.26. The molecule has 2 saturated heterocycles. The van der Waals surface area contributed by atoms with E-state index in [0.717, 1.165) is 50.0 Å². The van der Waals surface area contributed by atoms with Crippen LogP contribution < -0.4 is 5.32 Å². The number of aliphatic imine (C=N–C) groups is 1. The Bertz CT molecular complexity index is 737. The molecule has 7 heteroatoms. The first-order valence-electron chi connectivity index (χ1n) is 11.6. The Morgan fingerprint density at radius 2 is 1.90 bits per heavy atom. The number of guanidine groups is 1. The number of nitrogens with one attached hydrogen (secondary N) is 1. The van der Waals surface area contributed by atoms with Crippen molar-refractivity contribution in [3.63, 3.8) is 0 Å². The molecule has 31 heavy (non-hydrogen) atoms. The summed E-state index contributed by atoms with van der Waals surface area (Å²) in [6.07, 6.45) is 7.59. The number of benzene rings is 1. The van der Waals surface area contributed by atoms with E-state index in [4.69, 9.17) is 4.99 Å². The molecule has 1 saturated carbocycles. The lowest BCUT2D eigenvalue weighted by Gasteiger charge is -2.48. The maximum absolute atomic E-state index is 12.1. The third-order valence-electron chi connectivity index (χ3n) is 6.83. The Morgan fingerprint density at radius 1 is 1.13 bits per heavy atom. The summed E-state index contributed by atoms with van der Waals surface area (Å²) in [5.74, 6) is 1.67. The monoisotopic (exact) mass is 539 g/mol. The summed E-state index contributed by atoms with van der Waals surface area (Å²) in [6, 6.07) is 12.1. The highest BCUT2D eigenvalue weighted by molar-refractivity contribution is 14.0. The molecule has 2 aliphatic heterocycles. The number of halogens is 1. The first-order chi connectivity index (χ1) is 14.6. The molecule has 0 radical (unpaired) electrons. The third-order valence-corrected chi connectivity index (χ3v) is 6.83. The van der Waals surface area contributed by atoms with Crippen molar-refractivity contribution in [1.29, 1.82) is 0 Å². The fourth-order valence-corrected chi connectivity index (χ4v) is 5.01. The Balaban J connectivity index is 0.00000272. The molecule has 2 unspecified atom stereocenters. The zero-order valence-electron chi connectivity index (χ0n) is 19.0. The van der Waals surface area contributed by atoms with Crippen LogP contribution in [0.1, 0.15) is 37.7 Å². The van der Waals surface area contributed by atoms with Crippen LogP contribution in [0.25, 0.3) is 0 Å². The summed E-state index contributed by atoms with van der Waals surface area (Å²) < 4.78 is 0. The van der Waals surface area contributed by atoms with Gasteiger partial charge in [-0.15, -0.1) is 24.0 Å². The minimum Gasteiger partial charge on any atom is -0.356 e. The van der Waals surface area contributed by atoms with Gasteiger partial charge in [-0.3, -0.25) is 9.69 Å². The molecule has 1 aliphatic carbocycles. The number of hydrogen-bond donors (Lipinski definition) is 1. The molecule has 6 nitrogen and oxygen atoms in total. The van der Waals surface area contributed by atoms with Crippen molar-refractivity contribution >= 4 is 35.8 Å². The lowest BCUT2D eigenvalue weighted by Crippen LogP contribution is -2.57. The highest BCUT2D eigenvalue weighted by Gasteiger charge is 2.42. The molecular formula is C24H38IN5O. The van der Waals surface area contributed by atoms with Crippen LogP contribution in [-0.2, 0) is 11.2 Å². The van der Waals surface area contributed by atoms with Crippen molar-refractivity contribution in [2.24, 2.45) is 10.9 Å². The molecule has 1 amide bonds. The molecule has 4 rings (SSSR count). The fourth-order valence-electron chi connectivity index (χ4n) is 5.01. The largest absolute Gasteiger partial charge is 0.356 e. The molecule has 2 atom stereocenters. The Labute approximate surface area is 204 Å². The highest BCUT2D eigenvalue weighted by atomic mass is 127. The Kier molecular flexibility index (Phi) is 9.01. The topological polar surface area (TPSA) is 51.2 Å². The van der Waals surface area contributed by atoms with Gasteiger partial charge in [-0.1, -0.05) is 30.3 Å². The number of likely N-dealkylation sites (tertiary alicyclic amines) is 2. The number of carbonyl (C=O) groups excluding carboxylic acids is 1. The van der Waals surface area contributed by atoms with Crippen molar-refractivity contribution in [3.05, 3.63) is 35.9 Å². The Hall–Kier alpha value is -1.35. The summed E-state index contributed by atoms with van der Waals surface area (Å²) in [7, 11) is 3.58. The second kappa shape index (κ2) is 11.5. The molecule has 1 N–H and O–H groups in total. The first kappa shape index (κ1) is 24.3. The van der Waals surface area contributed by atoms with Gasteiger partial charge in [0.1, 0.15) is 6.54 Å². The quantitative estimate of drug-likeness (QED) is 0.343. The van der Waals surface area contributed by atoms with Crippen LogP contribution in [0.2, 0.25) is 0 Å². The summed E-state index contributed by atoms with van der Waals surface area (Å²) >= 11 is 0. The zero-order valence-corrected chi connectivity index (χ0v) is 21.3. The standard InChI is InChI=1S/C24H37N5O.HI/c1-27(2)23(30)17-26-24(25-14-12-19-7-4-3-5-8-19)28-16-13-22-20(18-28)9-6-15-29(22)21-10-11-21;/h3-5,7-8,20-22H,6,9-18H2,1-2H3,(H,25,26);1H. The van der Waals surface area contributed by atoms with Crippen LogP contribution in [0.5, 0.6) is 0 Å². The van der Waals surface area contributed by atoms with E-state index in [1.807, 2.05) is 0 Å². The van der Waals surface area contributed by atoms with Gasteiger partial charge in [0.2, 0.25) is 5.91 Å². The van der Waals surface area contributed by atoms with Crippen LogP contribution in [0.3, 0.4) is 0 Å². The molecule has 0 spiro atoms. The molecule has 0 bridgehead atoms. The highest BCUT2D eigenvalue weighted by Crippen LogP contribution is 2.38. The van der Waals surface area contributed by atoms with Crippen molar-refractivity contribution in [1.82, 2.24) is 20.0 Å². The van der Waals surface area contributed by atoms with Gasteiger partial charge in [0.05, 0.1) is 0 Å². The summed E-state index contributed by atoms with van der Waals surface area (Å²) in [5.41, 5.74) is 1.32. The van der Waals surface area contributed by atoms with Gasteiger partial charge in [0, 0.05) is 45.8 Å². The molecule has 2 heterocycles. The molecule has 1 aromatic carbocycles. The normalized spacial score (nSPS) is 24.2. The van der Waals surface area contributed by atoms with E-state index in [-0.39, 0.29) is 36.4 Å². The summed E-state index contributed by atoms with van der Waals surface area (Å²) in [4.78, 5) is 23.7. The smallest absolute Gasteiger partial charge is 0.243 e. The van der Waals surface area contributed by atoms with E-state index in [9.17, 15) is 4.79 Å². The molecule has 3 aliphatic rings. The van der Waals surface area contributed by atoms with E-state index in [2.05, 4.69) is 45.4 Å². The lowest BCUT2D eigenvalue weighted by atomic mass is 9.83. The molecular weight excluding hydrogens is 501 g/mol. The number of fused-ring (bicyclic) bond motifs is 1. The van der Waals surface area contributed by atoms with E-state index in [1.54, 1.807) is 19.0 Å². The Morgan fingerprint density at radius 3 is 2.61 bits per heavy atom. The number of carbonyl (C=O) groups is 1. The van der Waals surface area contributed by atoms with Crippen LogP contribution in [-0.4, -0.2) is 85.5 Å². The van der Waals surface area contributed by atoms with Gasteiger partial charge in [0.15, 0.2) is 5.96 Å². The van der Waals surface area contributed by atoms with Crippen LogP contribution >= 0.6 is 24.0 Å². The number of likely N-dealkylation sites (N-methyl/N-ethyl adjacent to an activating group) is 1. The van der Waals surface area contributed by atoms with E-state index in [0.29, 0.717) is 0 Å². The number of hydrogen-bond acceptors (Lipinski definition) is 3. The maximum atomic E-state index is 12.1. The van der Waals surface area contributed by atoms with E-state index in [1.165, 1.54) is 44.2 Å². The van der Waals surface area contributed by atoms with Gasteiger partial charge in [-0.2, -0.15) is 0 Å². The molecule has 1 aromatic rings. The van der Waals surface area contributed by atoms with Crippen molar-refractivity contribution in [3.8, 4) is 0 Å². The fraction of sp³-hybridized carbons (Fsp3) is 0.667. The van der Waals surface area contributed by atoms with E-state index < -0.39 is 0 Å². The van der Waals surface area contributed by atoms with Crippen LogP contribution in [0.15, 0.2) is 35.3 Å². The lowest BCUT2D eigenvalue weighted by molar-refractivity contribution is -0.127. The minimum atomic E-state index is 0. The van der Waals surface area contributed by atoms with Crippen molar-refractivity contribution in [2.45, 2.75) is 50.6 Å².